The first-order chi connectivity index (χ1) is 15.7. The largest absolute Gasteiger partial charge is 0.573 e. The minimum absolute atomic E-state index is 0.104. The topological polar surface area (TPSA) is 67.5 Å². The number of alkyl halides is 3. The summed E-state index contributed by atoms with van der Waals surface area (Å²) in [4.78, 5) is 14.8. The van der Waals surface area contributed by atoms with Crippen LogP contribution >= 0.6 is 15.9 Å². The highest BCUT2D eigenvalue weighted by Gasteiger charge is 2.31. The number of nitriles is 1. The fourth-order valence-electron chi connectivity index (χ4n) is 4.03. The fourth-order valence-corrected chi connectivity index (χ4v) is 4.38. The van der Waals surface area contributed by atoms with Crippen molar-refractivity contribution in [2.45, 2.75) is 25.3 Å². The van der Waals surface area contributed by atoms with Crippen LogP contribution in [0.3, 0.4) is 0 Å². The van der Waals surface area contributed by atoms with E-state index < -0.39 is 6.36 Å². The summed E-state index contributed by atoms with van der Waals surface area (Å²) >= 11 is 3.43. The summed E-state index contributed by atoms with van der Waals surface area (Å²) in [5.41, 5.74) is 1.10. The molecule has 2 heterocycles. The molecule has 0 atom stereocenters. The maximum absolute atomic E-state index is 12.8. The summed E-state index contributed by atoms with van der Waals surface area (Å²) in [6, 6.07) is 13.0. The quantitative estimate of drug-likeness (QED) is 0.476. The van der Waals surface area contributed by atoms with Crippen LogP contribution in [0.1, 0.15) is 18.4 Å². The van der Waals surface area contributed by atoms with Gasteiger partial charge in [-0.05, 0) is 42.5 Å². The Labute approximate surface area is 195 Å². The molecule has 0 saturated carbocycles. The van der Waals surface area contributed by atoms with Crippen LogP contribution in [-0.2, 0) is 7.05 Å². The lowest BCUT2D eigenvalue weighted by Gasteiger charge is -2.35. The summed E-state index contributed by atoms with van der Waals surface area (Å²) in [6.07, 6.45) is -3.64. The molecular weight excluding hydrogens is 503 g/mol. The molecule has 1 saturated heterocycles. The zero-order valence-electron chi connectivity index (χ0n) is 17.5. The number of hydrogen-bond acceptors (Lipinski definition) is 5. The number of halogens is 4. The lowest BCUT2D eigenvalue weighted by Crippen LogP contribution is -2.40. The maximum atomic E-state index is 12.8. The van der Waals surface area contributed by atoms with Crippen LogP contribution in [0, 0.1) is 11.3 Å². The lowest BCUT2D eigenvalue weighted by molar-refractivity contribution is -0.274. The van der Waals surface area contributed by atoms with Crippen molar-refractivity contribution in [1.29, 1.82) is 5.26 Å². The van der Waals surface area contributed by atoms with Gasteiger partial charge in [0.2, 0.25) is 0 Å². The van der Waals surface area contributed by atoms with Gasteiger partial charge in [-0.3, -0.25) is 4.79 Å². The number of ether oxygens (including phenoxy) is 2. The normalized spacial score (nSPS) is 14.8. The standard InChI is InChI=1S/C23H19BrF3N3O3/c1-29-20-12-14(24)2-7-18(20)21(19(13-28)22(29)31)30-10-8-16(9-11-30)32-15-3-5-17(6-4-15)33-23(25,26)27/h2-7,12,16H,8-11H2,1H3. The zero-order valence-corrected chi connectivity index (χ0v) is 19.1. The van der Waals surface area contributed by atoms with Gasteiger partial charge in [0.15, 0.2) is 0 Å². The molecule has 0 N–H and O–H groups in total. The first kappa shape index (κ1) is 23.0. The number of fused-ring (bicyclic) bond motifs is 1. The van der Waals surface area contributed by atoms with E-state index in [0.717, 1.165) is 15.4 Å². The van der Waals surface area contributed by atoms with Gasteiger partial charge < -0.3 is 18.9 Å². The number of benzene rings is 2. The van der Waals surface area contributed by atoms with Gasteiger partial charge in [0.1, 0.15) is 29.2 Å². The summed E-state index contributed by atoms with van der Waals surface area (Å²) in [7, 11) is 1.65. The second-order valence-corrected chi connectivity index (χ2v) is 8.60. The minimum Gasteiger partial charge on any atom is -0.490 e. The number of piperidine rings is 1. The van der Waals surface area contributed by atoms with Gasteiger partial charge in [-0.1, -0.05) is 15.9 Å². The predicted octanol–water partition coefficient (Wildman–Crippen LogP) is 5.12. The van der Waals surface area contributed by atoms with Gasteiger partial charge in [-0.25, -0.2) is 0 Å². The van der Waals surface area contributed by atoms with Crippen LogP contribution in [-0.4, -0.2) is 30.1 Å². The Hall–Kier alpha value is -3.19. The Bertz CT molecular complexity index is 1280. The van der Waals surface area contributed by atoms with Crippen LogP contribution in [0.25, 0.3) is 10.9 Å². The third-order valence-electron chi connectivity index (χ3n) is 5.56. The van der Waals surface area contributed by atoms with Crippen LogP contribution in [0.15, 0.2) is 51.7 Å². The minimum atomic E-state index is -4.74. The van der Waals surface area contributed by atoms with E-state index in [1.807, 2.05) is 23.1 Å². The molecule has 1 aromatic heterocycles. The van der Waals surface area contributed by atoms with Crippen LogP contribution < -0.4 is 19.9 Å². The van der Waals surface area contributed by atoms with E-state index >= 15 is 0 Å². The predicted molar refractivity (Wildman–Crippen MR) is 121 cm³/mol. The SMILES string of the molecule is Cn1c(=O)c(C#N)c(N2CCC(Oc3ccc(OC(F)(F)F)cc3)CC2)c2ccc(Br)cc21. The number of anilines is 1. The van der Waals surface area contributed by atoms with Gasteiger partial charge in [0.05, 0.1) is 11.2 Å². The summed E-state index contributed by atoms with van der Waals surface area (Å²) < 4.78 is 49.0. The Morgan fingerprint density at radius 1 is 1.09 bits per heavy atom. The van der Waals surface area contributed by atoms with Gasteiger partial charge in [0, 0.05) is 42.8 Å². The van der Waals surface area contributed by atoms with Gasteiger partial charge in [-0.15, -0.1) is 13.2 Å². The number of nitrogens with zero attached hydrogens (tertiary/aromatic N) is 3. The zero-order chi connectivity index (χ0) is 23.8. The first-order valence-corrected chi connectivity index (χ1v) is 11.0. The van der Waals surface area contributed by atoms with Gasteiger partial charge >= 0.3 is 6.36 Å². The maximum Gasteiger partial charge on any atom is 0.573 e. The molecule has 172 valence electrons. The molecular formula is C23H19BrF3N3O3. The molecule has 0 amide bonds. The molecule has 2 aromatic carbocycles. The average Bonchev–Trinajstić information content (AvgIpc) is 2.77. The number of aromatic nitrogens is 1. The highest BCUT2D eigenvalue weighted by Crippen LogP contribution is 2.33. The number of aryl methyl sites for hydroxylation is 1. The van der Waals surface area contributed by atoms with Crippen LogP contribution in [0.5, 0.6) is 11.5 Å². The van der Waals surface area contributed by atoms with Crippen molar-refractivity contribution in [2.75, 3.05) is 18.0 Å². The molecule has 0 radical (unpaired) electrons. The molecule has 0 aliphatic carbocycles. The van der Waals surface area contributed by atoms with Crippen molar-refractivity contribution in [3.63, 3.8) is 0 Å². The van der Waals surface area contributed by atoms with E-state index in [1.165, 1.54) is 28.8 Å². The Morgan fingerprint density at radius 2 is 1.73 bits per heavy atom. The smallest absolute Gasteiger partial charge is 0.490 e. The monoisotopic (exact) mass is 521 g/mol. The second kappa shape index (κ2) is 8.98. The highest BCUT2D eigenvalue weighted by molar-refractivity contribution is 9.10. The Kier molecular flexibility index (Phi) is 6.26. The number of rotatable bonds is 4. The van der Waals surface area contributed by atoms with Crippen molar-refractivity contribution >= 4 is 32.5 Å². The number of hydrogen-bond donors (Lipinski definition) is 0. The van der Waals surface area contributed by atoms with E-state index in [2.05, 4.69) is 26.7 Å². The highest BCUT2D eigenvalue weighted by atomic mass is 79.9. The average molecular weight is 522 g/mol. The Morgan fingerprint density at radius 3 is 2.33 bits per heavy atom. The molecule has 3 aromatic rings. The van der Waals surface area contributed by atoms with Gasteiger partial charge in [-0.2, -0.15) is 5.26 Å². The number of pyridine rings is 1. The second-order valence-electron chi connectivity index (χ2n) is 7.68. The molecule has 6 nitrogen and oxygen atoms in total. The van der Waals surface area contributed by atoms with Crippen LogP contribution in [0.4, 0.5) is 18.9 Å². The molecule has 4 rings (SSSR count). The molecule has 1 aliphatic rings. The van der Waals surface area contributed by atoms with Crippen molar-refractivity contribution in [3.8, 4) is 17.6 Å². The van der Waals surface area contributed by atoms with Gasteiger partial charge in [0.25, 0.3) is 5.56 Å². The summed E-state index contributed by atoms with van der Waals surface area (Å²) in [6.45, 7) is 1.12. The molecule has 33 heavy (non-hydrogen) atoms. The molecule has 0 spiro atoms. The van der Waals surface area contributed by atoms with E-state index in [9.17, 15) is 23.2 Å². The third-order valence-corrected chi connectivity index (χ3v) is 6.05. The Balaban J connectivity index is 1.51. The van der Waals surface area contributed by atoms with Crippen molar-refractivity contribution in [2.24, 2.45) is 7.05 Å². The third kappa shape index (κ3) is 4.93. The molecule has 1 aliphatic heterocycles. The lowest BCUT2D eigenvalue weighted by atomic mass is 10.0. The summed E-state index contributed by atoms with van der Waals surface area (Å²) in [5.74, 6) is 0.141. The van der Waals surface area contributed by atoms with Crippen molar-refractivity contribution in [1.82, 2.24) is 4.57 Å². The molecule has 10 heteroatoms. The molecule has 0 unspecified atom stereocenters. The first-order valence-electron chi connectivity index (χ1n) is 10.2. The van der Waals surface area contributed by atoms with E-state index in [1.54, 1.807) is 7.05 Å². The van der Waals surface area contributed by atoms with Crippen molar-refractivity contribution in [3.05, 3.63) is 62.9 Å². The molecule has 0 bridgehead atoms. The van der Waals surface area contributed by atoms with Crippen molar-refractivity contribution < 1.29 is 22.6 Å². The molecule has 1 fully saturated rings. The van der Waals surface area contributed by atoms with E-state index in [-0.39, 0.29) is 23.0 Å². The van der Waals surface area contributed by atoms with Crippen LogP contribution in [0.2, 0.25) is 0 Å². The fraction of sp³-hybridized carbons (Fsp3) is 0.304. The van der Waals surface area contributed by atoms with E-state index in [0.29, 0.717) is 37.4 Å². The summed E-state index contributed by atoms with van der Waals surface area (Å²) in [5, 5.41) is 10.5. The van der Waals surface area contributed by atoms with E-state index in [4.69, 9.17) is 4.74 Å².